The number of halogens is 1. The molecule has 2 amide bonds. The molecule has 0 heterocycles. The van der Waals surface area contributed by atoms with Crippen LogP contribution in [0.25, 0.3) is 0 Å². The van der Waals surface area contributed by atoms with Crippen LogP contribution in [0.1, 0.15) is 5.56 Å². The van der Waals surface area contributed by atoms with Crippen molar-refractivity contribution in [2.75, 3.05) is 25.6 Å². The van der Waals surface area contributed by atoms with E-state index in [4.69, 9.17) is 9.47 Å². The fourth-order valence-corrected chi connectivity index (χ4v) is 2.45. The standard InChI is InChI=1S/C18H19BrN2O4/c1-12-7-8-16(24-2)14(9-12)21-17(22)10-20-18(23)11-25-15-6-4-3-5-13(15)19/h3-9H,10-11H2,1-2H3,(H,20,23)(H,21,22). The highest BCUT2D eigenvalue weighted by Gasteiger charge is 2.10. The maximum absolute atomic E-state index is 12.0. The highest BCUT2D eigenvalue weighted by atomic mass is 79.9. The van der Waals surface area contributed by atoms with Gasteiger partial charge in [-0.1, -0.05) is 18.2 Å². The molecule has 2 aromatic rings. The summed E-state index contributed by atoms with van der Waals surface area (Å²) in [6, 6.07) is 12.7. The topological polar surface area (TPSA) is 76.7 Å². The van der Waals surface area contributed by atoms with Gasteiger partial charge in [-0.25, -0.2) is 0 Å². The summed E-state index contributed by atoms with van der Waals surface area (Å²) in [5, 5.41) is 5.23. The van der Waals surface area contributed by atoms with Gasteiger partial charge in [-0.2, -0.15) is 0 Å². The predicted molar refractivity (Wildman–Crippen MR) is 99.0 cm³/mol. The molecule has 2 aromatic carbocycles. The fourth-order valence-electron chi connectivity index (χ4n) is 2.05. The van der Waals surface area contributed by atoms with Crippen molar-refractivity contribution in [2.45, 2.75) is 6.92 Å². The van der Waals surface area contributed by atoms with Gasteiger partial charge in [-0.15, -0.1) is 0 Å². The molecule has 0 aliphatic heterocycles. The number of anilines is 1. The van der Waals surface area contributed by atoms with Gasteiger partial charge in [0.2, 0.25) is 5.91 Å². The Bertz CT molecular complexity index is 764. The van der Waals surface area contributed by atoms with E-state index in [1.165, 1.54) is 7.11 Å². The van der Waals surface area contributed by atoms with Crippen molar-refractivity contribution in [3.8, 4) is 11.5 Å². The summed E-state index contributed by atoms with van der Waals surface area (Å²) in [6.07, 6.45) is 0. The number of carbonyl (C=O) groups excluding carboxylic acids is 2. The first-order chi connectivity index (χ1) is 12.0. The monoisotopic (exact) mass is 406 g/mol. The minimum Gasteiger partial charge on any atom is -0.495 e. The zero-order valence-corrected chi connectivity index (χ0v) is 15.6. The molecule has 2 rings (SSSR count). The number of carbonyl (C=O) groups is 2. The zero-order valence-electron chi connectivity index (χ0n) is 14.0. The average Bonchev–Trinajstić information content (AvgIpc) is 2.59. The normalized spacial score (nSPS) is 10.0. The molecule has 2 N–H and O–H groups in total. The molecule has 0 saturated carbocycles. The number of nitrogens with one attached hydrogen (secondary N) is 2. The highest BCUT2D eigenvalue weighted by molar-refractivity contribution is 9.10. The molecule has 0 atom stereocenters. The van der Waals surface area contributed by atoms with Crippen LogP contribution < -0.4 is 20.1 Å². The molecule has 0 bridgehead atoms. The molecule has 0 saturated heterocycles. The van der Waals surface area contributed by atoms with Crippen molar-refractivity contribution >= 4 is 33.4 Å². The van der Waals surface area contributed by atoms with E-state index in [-0.39, 0.29) is 25.0 Å². The maximum Gasteiger partial charge on any atom is 0.258 e. The van der Waals surface area contributed by atoms with Gasteiger partial charge in [0.15, 0.2) is 6.61 Å². The molecule has 25 heavy (non-hydrogen) atoms. The molecule has 0 aliphatic rings. The minimum atomic E-state index is -0.387. The zero-order chi connectivity index (χ0) is 18.2. The third-order valence-corrected chi connectivity index (χ3v) is 3.93. The smallest absolute Gasteiger partial charge is 0.258 e. The number of amides is 2. The van der Waals surface area contributed by atoms with E-state index in [1.54, 1.807) is 24.3 Å². The second-order valence-corrected chi connectivity index (χ2v) is 6.10. The van der Waals surface area contributed by atoms with Gasteiger partial charge < -0.3 is 20.1 Å². The molecular formula is C18H19BrN2O4. The first-order valence-electron chi connectivity index (χ1n) is 7.58. The Kier molecular flexibility index (Phi) is 6.82. The van der Waals surface area contributed by atoms with Crippen LogP contribution in [0.5, 0.6) is 11.5 Å². The molecule has 0 aliphatic carbocycles. The van der Waals surface area contributed by atoms with Crippen molar-refractivity contribution in [1.29, 1.82) is 0 Å². The summed E-state index contributed by atoms with van der Waals surface area (Å²) < 4.78 is 11.3. The number of rotatable bonds is 7. The second-order valence-electron chi connectivity index (χ2n) is 5.25. The van der Waals surface area contributed by atoms with E-state index in [2.05, 4.69) is 26.6 Å². The van der Waals surface area contributed by atoms with E-state index in [0.717, 1.165) is 10.0 Å². The Morgan fingerprint density at radius 2 is 1.84 bits per heavy atom. The van der Waals surface area contributed by atoms with E-state index in [1.807, 2.05) is 25.1 Å². The van der Waals surface area contributed by atoms with E-state index in [0.29, 0.717) is 17.2 Å². The minimum absolute atomic E-state index is 0.157. The Hall–Kier alpha value is -2.54. The molecule has 7 heteroatoms. The molecule has 6 nitrogen and oxygen atoms in total. The van der Waals surface area contributed by atoms with E-state index in [9.17, 15) is 9.59 Å². The molecule has 0 radical (unpaired) electrons. The molecule has 0 unspecified atom stereocenters. The first kappa shape index (κ1) is 18.8. The van der Waals surface area contributed by atoms with Gasteiger partial charge in [0, 0.05) is 0 Å². The lowest BCUT2D eigenvalue weighted by molar-refractivity contribution is -0.125. The number of hydrogen-bond donors (Lipinski definition) is 2. The lowest BCUT2D eigenvalue weighted by Crippen LogP contribution is -2.35. The van der Waals surface area contributed by atoms with Crippen LogP contribution in [0.15, 0.2) is 46.9 Å². The van der Waals surface area contributed by atoms with Crippen molar-refractivity contribution in [3.05, 3.63) is 52.5 Å². The van der Waals surface area contributed by atoms with Crippen molar-refractivity contribution in [1.82, 2.24) is 5.32 Å². The summed E-state index contributed by atoms with van der Waals surface area (Å²) >= 11 is 3.33. The van der Waals surface area contributed by atoms with E-state index < -0.39 is 0 Å². The maximum atomic E-state index is 12.0. The Morgan fingerprint density at radius 3 is 2.56 bits per heavy atom. The summed E-state index contributed by atoms with van der Waals surface area (Å²) in [5.74, 6) is 0.384. The molecule has 0 spiro atoms. The fraction of sp³-hybridized carbons (Fsp3) is 0.222. The number of methoxy groups -OCH3 is 1. The summed E-state index contributed by atoms with van der Waals surface area (Å²) in [7, 11) is 1.53. The van der Waals surface area contributed by atoms with Gasteiger partial charge in [0.25, 0.3) is 5.91 Å². The number of ether oxygens (including phenoxy) is 2. The molecular weight excluding hydrogens is 388 g/mol. The first-order valence-corrected chi connectivity index (χ1v) is 8.37. The average molecular weight is 407 g/mol. The van der Waals surface area contributed by atoms with Crippen LogP contribution in [0, 0.1) is 6.92 Å². The number of benzene rings is 2. The van der Waals surface area contributed by atoms with Gasteiger partial charge in [0.1, 0.15) is 11.5 Å². The lowest BCUT2D eigenvalue weighted by atomic mass is 10.2. The van der Waals surface area contributed by atoms with Gasteiger partial charge >= 0.3 is 0 Å². The van der Waals surface area contributed by atoms with Crippen LogP contribution in [0.2, 0.25) is 0 Å². The third-order valence-electron chi connectivity index (χ3n) is 3.27. The Morgan fingerprint density at radius 1 is 1.08 bits per heavy atom. The van der Waals surface area contributed by atoms with E-state index >= 15 is 0 Å². The van der Waals surface area contributed by atoms with Gasteiger partial charge in [-0.3, -0.25) is 9.59 Å². The van der Waals surface area contributed by atoms with Crippen molar-refractivity contribution in [3.63, 3.8) is 0 Å². The Labute approximate surface area is 154 Å². The largest absolute Gasteiger partial charge is 0.495 e. The lowest BCUT2D eigenvalue weighted by Gasteiger charge is -2.12. The summed E-state index contributed by atoms with van der Waals surface area (Å²) in [5.41, 5.74) is 1.55. The second kappa shape index (κ2) is 9.08. The molecule has 0 aromatic heterocycles. The Balaban J connectivity index is 1.81. The van der Waals surface area contributed by atoms with Crippen molar-refractivity contribution < 1.29 is 19.1 Å². The quantitative estimate of drug-likeness (QED) is 0.740. The summed E-state index contributed by atoms with van der Waals surface area (Å²) in [4.78, 5) is 23.8. The number of para-hydroxylation sites is 1. The number of hydrogen-bond acceptors (Lipinski definition) is 4. The van der Waals surface area contributed by atoms with Crippen LogP contribution >= 0.6 is 15.9 Å². The van der Waals surface area contributed by atoms with Gasteiger partial charge in [-0.05, 0) is 52.7 Å². The highest BCUT2D eigenvalue weighted by Crippen LogP contribution is 2.25. The summed E-state index contributed by atoms with van der Waals surface area (Å²) in [6.45, 7) is 1.58. The van der Waals surface area contributed by atoms with Gasteiger partial charge in [0.05, 0.1) is 23.8 Å². The van der Waals surface area contributed by atoms with Crippen LogP contribution in [-0.2, 0) is 9.59 Å². The van der Waals surface area contributed by atoms with Crippen molar-refractivity contribution in [2.24, 2.45) is 0 Å². The predicted octanol–water partition coefficient (Wildman–Crippen LogP) is 2.90. The molecule has 0 fully saturated rings. The molecule has 132 valence electrons. The third kappa shape index (κ3) is 5.79. The number of aryl methyl sites for hydroxylation is 1. The SMILES string of the molecule is COc1ccc(C)cc1NC(=O)CNC(=O)COc1ccccc1Br. The van der Waals surface area contributed by atoms with Crippen LogP contribution in [0.3, 0.4) is 0 Å². The van der Waals surface area contributed by atoms with Crippen LogP contribution in [0.4, 0.5) is 5.69 Å². The van der Waals surface area contributed by atoms with Crippen LogP contribution in [-0.4, -0.2) is 32.1 Å².